The molecule has 22 heavy (non-hydrogen) atoms. The highest BCUT2D eigenvalue weighted by Gasteiger charge is 2.03. The van der Waals surface area contributed by atoms with Crippen molar-refractivity contribution < 1.29 is 14.3 Å². The van der Waals surface area contributed by atoms with E-state index in [1.54, 1.807) is 0 Å². The molecule has 3 nitrogen and oxygen atoms in total. The summed E-state index contributed by atoms with van der Waals surface area (Å²) in [5.74, 6) is 0.202. The minimum absolute atomic E-state index is 0.0329. The summed E-state index contributed by atoms with van der Waals surface area (Å²) in [5.41, 5.74) is 0. The molecule has 0 saturated heterocycles. The molecule has 0 radical (unpaired) electrons. The zero-order valence-electron chi connectivity index (χ0n) is 14.7. The lowest BCUT2D eigenvalue weighted by molar-refractivity contribution is -0.145. The van der Waals surface area contributed by atoms with E-state index >= 15 is 0 Å². The topological polar surface area (TPSA) is 43.4 Å². The first-order valence-electron chi connectivity index (χ1n) is 8.90. The van der Waals surface area contributed by atoms with Crippen LogP contribution in [0, 0.1) is 0 Å². The smallest absolute Gasteiger partial charge is 0.302 e. The summed E-state index contributed by atoms with van der Waals surface area (Å²) in [4.78, 5) is 21.9. The Morgan fingerprint density at radius 2 is 1.55 bits per heavy atom. The van der Waals surface area contributed by atoms with Crippen LogP contribution in [0.2, 0.25) is 0 Å². The van der Waals surface area contributed by atoms with Crippen molar-refractivity contribution >= 4 is 11.8 Å². The van der Waals surface area contributed by atoms with E-state index in [0.717, 1.165) is 38.5 Å². The molecule has 0 aliphatic rings. The van der Waals surface area contributed by atoms with Crippen molar-refractivity contribution in [2.75, 3.05) is 0 Å². The molecule has 0 N–H and O–H groups in total. The van der Waals surface area contributed by atoms with Gasteiger partial charge in [0.1, 0.15) is 5.78 Å². The summed E-state index contributed by atoms with van der Waals surface area (Å²) in [6, 6.07) is 0. The fourth-order valence-electron chi connectivity index (χ4n) is 2.39. The SMILES string of the molecule is CCC(=O)CCCCCCC/C=C/CCCC(C)OC(C)=O. The molecule has 0 fully saturated rings. The van der Waals surface area contributed by atoms with Crippen molar-refractivity contribution in [3.05, 3.63) is 12.2 Å². The fourth-order valence-corrected chi connectivity index (χ4v) is 2.39. The van der Waals surface area contributed by atoms with Gasteiger partial charge in [-0.2, -0.15) is 0 Å². The Morgan fingerprint density at radius 3 is 2.18 bits per heavy atom. The first kappa shape index (κ1) is 20.9. The zero-order chi connectivity index (χ0) is 16.6. The van der Waals surface area contributed by atoms with Gasteiger partial charge in [-0.15, -0.1) is 0 Å². The van der Waals surface area contributed by atoms with Crippen LogP contribution in [0.25, 0.3) is 0 Å². The fraction of sp³-hybridized carbons (Fsp3) is 0.789. The monoisotopic (exact) mass is 310 g/mol. The predicted octanol–water partition coefficient (Wildman–Crippen LogP) is 5.37. The Bertz CT molecular complexity index is 321. The third-order valence-electron chi connectivity index (χ3n) is 3.74. The molecule has 0 bridgehead atoms. The van der Waals surface area contributed by atoms with Crippen molar-refractivity contribution in [1.29, 1.82) is 0 Å². The van der Waals surface area contributed by atoms with Gasteiger partial charge in [-0.3, -0.25) is 9.59 Å². The molecular weight excluding hydrogens is 276 g/mol. The summed E-state index contributed by atoms with van der Waals surface area (Å²) >= 11 is 0. The number of hydrogen-bond donors (Lipinski definition) is 0. The van der Waals surface area contributed by atoms with Gasteiger partial charge in [0.25, 0.3) is 0 Å². The summed E-state index contributed by atoms with van der Waals surface area (Å²) in [7, 11) is 0. The van der Waals surface area contributed by atoms with Gasteiger partial charge >= 0.3 is 5.97 Å². The van der Waals surface area contributed by atoms with Gasteiger partial charge in [0, 0.05) is 19.8 Å². The van der Waals surface area contributed by atoms with Crippen LogP contribution in [0.4, 0.5) is 0 Å². The number of allylic oxidation sites excluding steroid dienone is 2. The van der Waals surface area contributed by atoms with Crippen LogP contribution in [0.3, 0.4) is 0 Å². The number of esters is 1. The number of rotatable bonds is 14. The molecule has 0 rings (SSSR count). The van der Waals surface area contributed by atoms with Gasteiger partial charge in [0.05, 0.1) is 6.10 Å². The van der Waals surface area contributed by atoms with Crippen LogP contribution in [-0.4, -0.2) is 17.9 Å². The number of carbonyl (C=O) groups excluding carboxylic acids is 2. The van der Waals surface area contributed by atoms with Crippen molar-refractivity contribution in [3.8, 4) is 0 Å². The van der Waals surface area contributed by atoms with Crippen LogP contribution < -0.4 is 0 Å². The van der Waals surface area contributed by atoms with Gasteiger partial charge in [-0.1, -0.05) is 38.3 Å². The second-order valence-corrected chi connectivity index (χ2v) is 6.02. The molecule has 0 aromatic heterocycles. The number of unbranched alkanes of at least 4 members (excludes halogenated alkanes) is 6. The molecule has 0 saturated carbocycles. The Labute approximate surface area is 136 Å². The molecule has 0 spiro atoms. The Morgan fingerprint density at radius 1 is 0.955 bits per heavy atom. The molecular formula is C19H34O3. The first-order chi connectivity index (χ1) is 10.6. The molecule has 1 unspecified atom stereocenters. The quantitative estimate of drug-likeness (QED) is 0.246. The Hall–Kier alpha value is -1.12. The Balaban J connectivity index is 3.27. The van der Waals surface area contributed by atoms with Crippen LogP contribution in [-0.2, 0) is 14.3 Å². The van der Waals surface area contributed by atoms with Crippen LogP contribution >= 0.6 is 0 Å². The van der Waals surface area contributed by atoms with Crippen LogP contribution in [0.1, 0.15) is 91.4 Å². The highest BCUT2D eigenvalue weighted by Crippen LogP contribution is 2.09. The predicted molar refractivity (Wildman–Crippen MR) is 91.8 cm³/mol. The maximum atomic E-state index is 11.1. The van der Waals surface area contributed by atoms with Crippen molar-refractivity contribution in [3.63, 3.8) is 0 Å². The molecule has 1 atom stereocenters. The number of carbonyl (C=O) groups is 2. The highest BCUT2D eigenvalue weighted by molar-refractivity contribution is 5.77. The van der Waals surface area contributed by atoms with Gasteiger partial charge in [-0.05, 0) is 45.4 Å². The third kappa shape index (κ3) is 15.3. The van der Waals surface area contributed by atoms with E-state index in [1.807, 2.05) is 13.8 Å². The van der Waals surface area contributed by atoms with Gasteiger partial charge < -0.3 is 4.74 Å². The van der Waals surface area contributed by atoms with E-state index in [2.05, 4.69) is 12.2 Å². The minimum Gasteiger partial charge on any atom is -0.463 e. The largest absolute Gasteiger partial charge is 0.463 e. The van der Waals surface area contributed by atoms with Gasteiger partial charge in [0.2, 0.25) is 0 Å². The third-order valence-corrected chi connectivity index (χ3v) is 3.74. The molecule has 0 aromatic carbocycles. The zero-order valence-corrected chi connectivity index (χ0v) is 14.7. The molecule has 0 heterocycles. The van der Waals surface area contributed by atoms with Gasteiger partial charge in [0.15, 0.2) is 0 Å². The lowest BCUT2D eigenvalue weighted by atomic mass is 10.1. The average Bonchev–Trinajstić information content (AvgIpc) is 2.47. The molecule has 3 heteroatoms. The number of ketones is 1. The molecule has 0 aliphatic carbocycles. The normalized spacial score (nSPS) is 12.5. The molecule has 0 aliphatic heterocycles. The van der Waals surface area contributed by atoms with E-state index in [-0.39, 0.29) is 12.1 Å². The summed E-state index contributed by atoms with van der Waals surface area (Å²) < 4.78 is 5.08. The van der Waals surface area contributed by atoms with Crippen LogP contribution in [0.15, 0.2) is 12.2 Å². The first-order valence-corrected chi connectivity index (χ1v) is 8.90. The average molecular weight is 310 g/mol. The number of ether oxygens (including phenoxy) is 1. The van der Waals surface area contributed by atoms with E-state index in [0.29, 0.717) is 12.2 Å². The number of hydrogen-bond acceptors (Lipinski definition) is 3. The minimum atomic E-state index is -0.192. The van der Waals surface area contributed by atoms with E-state index in [9.17, 15) is 9.59 Å². The highest BCUT2D eigenvalue weighted by atomic mass is 16.5. The maximum Gasteiger partial charge on any atom is 0.302 e. The Kier molecular flexibility index (Phi) is 14.0. The van der Waals surface area contributed by atoms with Gasteiger partial charge in [-0.25, -0.2) is 0 Å². The second-order valence-electron chi connectivity index (χ2n) is 6.02. The van der Waals surface area contributed by atoms with Crippen molar-refractivity contribution in [2.24, 2.45) is 0 Å². The van der Waals surface area contributed by atoms with E-state index in [4.69, 9.17) is 4.74 Å². The lowest BCUT2D eigenvalue weighted by Gasteiger charge is -2.10. The van der Waals surface area contributed by atoms with Crippen molar-refractivity contribution in [1.82, 2.24) is 0 Å². The van der Waals surface area contributed by atoms with E-state index in [1.165, 1.54) is 32.6 Å². The molecule has 128 valence electrons. The summed E-state index contributed by atoms with van der Waals surface area (Å²) in [6.45, 7) is 5.34. The summed E-state index contributed by atoms with van der Waals surface area (Å²) in [6.07, 6.45) is 16.2. The molecule has 0 amide bonds. The summed E-state index contributed by atoms with van der Waals surface area (Å²) in [5, 5.41) is 0. The number of Topliss-reactive ketones (excluding diaryl/α,β-unsaturated/α-hetero) is 1. The van der Waals surface area contributed by atoms with E-state index < -0.39 is 0 Å². The molecule has 0 aromatic rings. The second kappa shape index (κ2) is 14.8. The van der Waals surface area contributed by atoms with Crippen LogP contribution in [0.5, 0.6) is 0 Å². The standard InChI is InChI=1S/C19H34O3/c1-4-19(21)16-14-12-10-8-6-5-7-9-11-13-15-17(2)22-18(3)20/h7,9,17H,4-6,8,10-16H2,1-3H3/b9-7+. The maximum absolute atomic E-state index is 11.1. The van der Waals surface area contributed by atoms with Crippen molar-refractivity contribution in [2.45, 2.75) is 97.5 Å². The lowest BCUT2D eigenvalue weighted by Crippen LogP contribution is -2.11.